The minimum Gasteiger partial charge on any atom is -0.463 e. The van der Waals surface area contributed by atoms with Crippen molar-refractivity contribution in [3.8, 4) is 0 Å². The lowest BCUT2D eigenvalue weighted by molar-refractivity contribution is -0.684. The molecule has 3 N–H and O–H groups in total. The molecule has 0 aliphatic carbocycles. The molecule has 0 aliphatic heterocycles. The zero-order valence-electron chi connectivity index (χ0n) is 15.0. The van der Waals surface area contributed by atoms with E-state index in [1.165, 1.54) is 11.3 Å². The van der Waals surface area contributed by atoms with Crippen molar-refractivity contribution in [1.29, 1.82) is 0 Å². The molecule has 0 fully saturated rings. The van der Waals surface area contributed by atoms with Crippen LogP contribution in [0, 0.1) is 0 Å². The highest BCUT2D eigenvalue weighted by molar-refractivity contribution is 7.16. The highest BCUT2D eigenvalue weighted by Gasteiger charge is 2.21. The molecule has 2 aromatic heterocycles. The summed E-state index contributed by atoms with van der Waals surface area (Å²) < 4.78 is 10.4. The number of thiophene rings is 1. The van der Waals surface area contributed by atoms with Crippen LogP contribution in [0.4, 0.5) is 5.00 Å². The van der Waals surface area contributed by atoms with Crippen LogP contribution in [0.1, 0.15) is 60.7 Å². The van der Waals surface area contributed by atoms with Gasteiger partial charge in [-0.3, -0.25) is 4.79 Å². The smallest absolute Gasteiger partial charge is 0.341 e. The van der Waals surface area contributed by atoms with E-state index < -0.39 is 5.97 Å². The summed E-state index contributed by atoms with van der Waals surface area (Å²) in [6, 6.07) is 5.55. The monoisotopic (exact) mass is 365 g/mol. The van der Waals surface area contributed by atoms with Crippen LogP contribution >= 0.6 is 11.3 Å². The lowest BCUT2D eigenvalue weighted by Crippen LogP contribution is -2.86. The summed E-state index contributed by atoms with van der Waals surface area (Å²) in [6.45, 7) is 8.36. The molecule has 2 rings (SSSR count). The Morgan fingerprint density at radius 3 is 2.72 bits per heavy atom. The molecule has 0 spiro atoms. The molecule has 2 aromatic rings. The first kappa shape index (κ1) is 19.2. The summed E-state index contributed by atoms with van der Waals surface area (Å²) in [6.07, 6.45) is 1.62. The van der Waals surface area contributed by atoms with Crippen molar-refractivity contribution in [2.24, 2.45) is 0 Å². The highest BCUT2D eigenvalue weighted by atomic mass is 32.1. The molecule has 0 unspecified atom stereocenters. The van der Waals surface area contributed by atoms with E-state index >= 15 is 0 Å². The van der Waals surface area contributed by atoms with E-state index in [9.17, 15) is 9.59 Å². The van der Waals surface area contributed by atoms with Gasteiger partial charge in [0.2, 0.25) is 0 Å². The largest absolute Gasteiger partial charge is 0.463 e. The Labute approximate surface area is 151 Å². The molecular weight excluding hydrogens is 340 g/mol. The van der Waals surface area contributed by atoms with E-state index in [4.69, 9.17) is 9.15 Å². The van der Waals surface area contributed by atoms with Gasteiger partial charge in [-0.2, -0.15) is 0 Å². The molecule has 0 saturated heterocycles. The molecule has 25 heavy (non-hydrogen) atoms. The third-order valence-electron chi connectivity index (χ3n) is 3.72. The maximum atomic E-state index is 12.3. The van der Waals surface area contributed by atoms with Gasteiger partial charge in [0.15, 0.2) is 12.3 Å². The average Bonchev–Trinajstić information content (AvgIpc) is 3.22. The minimum atomic E-state index is -0.408. The van der Waals surface area contributed by atoms with Gasteiger partial charge in [-0.1, -0.05) is 13.8 Å². The van der Waals surface area contributed by atoms with Gasteiger partial charge < -0.3 is 19.8 Å². The van der Waals surface area contributed by atoms with Crippen LogP contribution in [0.15, 0.2) is 28.9 Å². The number of hydrogen-bond acceptors (Lipinski definition) is 5. The molecule has 0 bridgehead atoms. The summed E-state index contributed by atoms with van der Waals surface area (Å²) in [7, 11) is 0. The first-order valence-electron chi connectivity index (χ1n) is 8.39. The third-order valence-corrected chi connectivity index (χ3v) is 5.07. The Bertz CT molecular complexity index is 707. The zero-order chi connectivity index (χ0) is 18.4. The Morgan fingerprint density at radius 2 is 2.12 bits per heavy atom. The lowest BCUT2D eigenvalue weighted by atomic mass is 10.1. The summed E-state index contributed by atoms with van der Waals surface area (Å²) >= 11 is 1.42. The number of nitrogens with one attached hydrogen (secondary N) is 1. The SMILES string of the molecule is CCOC(=O)c1cc(C(C)C)sc1NC(=O)C[NH2+][C@@H](C)c1ccco1. The normalized spacial score (nSPS) is 12.2. The van der Waals surface area contributed by atoms with Crippen molar-refractivity contribution in [3.05, 3.63) is 40.7 Å². The maximum absolute atomic E-state index is 12.3. The van der Waals surface area contributed by atoms with Gasteiger partial charge in [-0.25, -0.2) is 4.79 Å². The number of nitrogens with two attached hydrogens (primary N) is 1. The van der Waals surface area contributed by atoms with E-state index in [0.717, 1.165) is 10.6 Å². The Kier molecular flexibility index (Phi) is 6.78. The van der Waals surface area contributed by atoms with Crippen LogP contribution < -0.4 is 10.6 Å². The second-order valence-electron chi connectivity index (χ2n) is 6.06. The lowest BCUT2D eigenvalue weighted by Gasteiger charge is -2.09. The van der Waals surface area contributed by atoms with Crippen molar-refractivity contribution >= 4 is 28.2 Å². The number of ether oxygens (including phenoxy) is 1. The van der Waals surface area contributed by atoms with Gasteiger partial charge in [0.25, 0.3) is 5.91 Å². The first-order chi connectivity index (χ1) is 11.9. The second kappa shape index (κ2) is 8.82. The quantitative estimate of drug-likeness (QED) is 0.705. The molecular formula is C18H25N2O4S+. The van der Waals surface area contributed by atoms with E-state index in [1.807, 2.05) is 38.2 Å². The van der Waals surface area contributed by atoms with Crippen molar-refractivity contribution < 1.29 is 24.1 Å². The molecule has 1 atom stereocenters. The number of quaternary nitrogens is 1. The van der Waals surface area contributed by atoms with Gasteiger partial charge in [-0.15, -0.1) is 11.3 Å². The molecule has 136 valence electrons. The number of anilines is 1. The second-order valence-corrected chi connectivity index (χ2v) is 7.14. The zero-order valence-corrected chi connectivity index (χ0v) is 15.8. The fourth-order valence-electron chi connectivity index (χ4n) is 2.28. The van der Waals surface area contributed by atoms with Gasteiger partial charge in [0.05, 0.1) is 18.4 Å². The Hall–Kier alpha value is -2.12. The minimum absolute atomic E-state index is 0.0415. The number of rotatable bonds is 8. The van der Waals surface area contributed by atoms with Gasteiger partial charge >= 0.3 is 5.97 Å². The Balaban J connectivity index is 2.02. The summed E-state index contributed by atoms with van der Waals surface area (Å²) in [5.41, 5.74) is 0.419. The fraction of sp³-hybridized carbons (Fsp3) is 0.444. The Morgan fingerprint density at radius 1 is 1.36 bits per heavy atom. The molecule has 7 heteroatoms. The molecule has 0 radical (unpaired) electrons. The number of carbonyl (C=O) groups excluding carboxylic acids is 2. The van der Waals surface area contributed by atoms with E-state index in [-0.39, 0.29) is 24.4 Å². The topological polar surface area (TPSA) is 85.1 Å². The van der Waals surface area contributed by atoms with Crippen LogP contribution in [0.5, 0.6) is 0 Å². The standard InChI is InChI=1S/C18H24N2O4S/c1-5-23-18(22)13-9-15(11(2)3)25-17(13)20-16(21)10-19-12(4)14-7-6-8-24-14/h6-9,11-12,19H,5,10H2,1-4H3,(H,20,21)/p+1/t12-/m0/s1. The van der Waals surface area contributed by atoms with Crippen molar-refractivity contribution in [2.75, 3.05) is 18.5 Å². The fourth-order valence-corrected chi connectivity index (χ4v) is 3.34. The number of furan rings is 1. The van der Waals surface area contributed by atoms with E-state index in [1.54, 1.807) is 19.3 Å². The van der Waals surface area contributed by atoms with Crippen LogP contribution in [0.2, 0.25) is 0 Å². The van der Waals surface area contributed by atoms with E-state index in [0.29, 0.717) is 17.2 Å². The van der Waals surface area contributed by atoms with Crippen LogP contribution in [0.25, 0.3) is 0 Å². The number of esters is 1. The van der Waals surface area contributed by atoms with Crippen molar-refractivity contribution in [3.63, 3.8) is 0 Å². The maximum Gasteiger partial charge on any atom is 0.341 e. The summed E-state index contributed by atoms with van der Waals surface area (Å²) in [4.78, 5) is 25.4. The summed E-state index contributed by atoms with van der Waals surface area (Å²) in [5, 5.41) is 5.27. The number of carbonyl (C=O) groups is 2. The van der Waals surface area contributed by atoms with Gasteiger partial charge in [0, 0.05) is 4.88 Å². The van der Waals surface area contributed by atoms with Gasteiger partial charge in [0.1, 0.15) is 11.0 Å². The first-order valence-corrected chi connectivity index (χ1v) is 9.21. The van der Waals surface area contributed by atoms with Crippen molar-refractivity contribution in [2.45, 2.75) is 39.7 Å². The molecule has 1 amide bonds. The number of hydrogen-bond donors (Lipinski definition) is 2. The van der Waals surface area contributed by atoms with Crippen LogP contribution in [0.3, 0.4) is 0 Å². The summed E-state index contributed by atoms with van der Waals surface area (Å²) in [5.74, 6) is 0.516. The molecule has 6 nitrogen and oxygen atoms in total. The third kappa shape index (κ3) is 5.17. The van der Waals surface area contributed by atoms with Gasteiger partial charge in [-0.05, 0) is 38.0 Å². The predicted octanol–water partition coefficient (Wildman–Crippen LogP) is 2.90. The highest BCUT2D eigenvalue weighted by Crippen LogP contribution is 2.33. The molecule has 0 saturated carbocycles. The van der Waals surface area contributed by atoms with Crippen molar-refractivity contribution in [1.82, 2.24) is 0 Å². The number of amides is 1. The molecule has 2 heterocycles. The van der Waals surface area contributed by atoms with E-state index in [2.05, 4.69) is 5.32 Å². The van der Waals surface area contributed by atoms with Crippen LogP contribution in [-0.2, 0) is 9.53 Å². The average molecular weight is 365 g/mol. The predicted molar refractivity (Wildman–Crippen MR) is 96.9 cm³/mol. The molecule has 0 aromatic carbocycles. The molecule has 0 aliphatic rings. The van der Waals surface area contributed by atoms with Crippen LogP contribution in [-0.4, -0.2) is 25.0 Å².